The predicted molar refractivity (Wildman–Crippen MR) is 122 cm³/mol. The Hall–Kier alpha value is -2.83. The summed E-state index contributed by atoms with van der Waals surface area (Å²) in [7, 11) is -1.05. The molecule has 182 valence electrons. The standard InChI is InChI=1S/C21H30N4O7S/c1-14(12-24-33(27,28)32-21(22)26)15-5-8-25(9-6-15)18-4-7-23-17-11-19(30-3)20(10-16(17)18)31-13-29-2/h4,7,10-11,14-15,24H,5-6,8-9,12-13H2,1-3H3,(H2,22,26). The number of carbonyl (C=O) groups excluding carboxylic acids is 1. The number of methoxy groups -OCH3 is 2. The smallest absolute Gasteiger partial charge is 0.421 e. The molecule has 0 bridgehead atoms. The molecule has 1 aromatic carbocycles. The first kappa shape index (κ1) is 24.8. The summed E-state index contributed by atoms with van der Waals surface area (Å²) in [6.45, 7) is 3.85. The van der Waals surface area contributed by atoms with Gasteiger partial charge in [0.05, 0.1) is 12.6 Å². The van der Waals surface area contributed by atoms with Crippen LogP contribution >= 0.6 is 0 Å². The van der Waals surface area contributed by atoms with Crippen LogP contribution in [0.2, 0.25) is 0 Å². The van der Waals surface area contributed by atoms with Gasteiger partial charge in [-0.25, -0.2) is 4.79 Å². The fourth-order valence-electron chi connectivity index (χ4n) is 4.06. The second kappa shape index (κ2) is 10.9. The van der Waals surface area contributed by atoms with Crippen molar-refractivity contribution in [1.29, 1.82) is 0 Å². The lowest BCUT2D eigenvalue weighted by Gasteiger charge is -2.36. The summed E-state index contributed by atoms with van der Waals surface area (Å²) in [5.41, 5.74) is 6.62. The Balaban J connectivity index is 1.68. The Morgan fingerprint density at radius 2 is 2.00 bits per heavy atom. The molecule has 12 heteroatoms. The van der Waals surface area contributed by atoms with Crippen molar-refractivity contribution in [2.75, 3.05) is 45.5 Å². The topological polar surface area (TPSA) is 142 Å². The molecule has 1 atom stereocenters. The van der Waals surface area contributed by atoms with E-state index >= 15 is 0 Å². The monoisotopic (exact) mass is 482 g/mol. The molecular formula is C21H30N4O7S. The Kier molecular flexibility index (Phi) is 8.16. The van der Waals surface area contributed by atoms with Crippen LogP contribution in [0.1, 0.15) is 19.8 Å². The molecule has 1 saturated heterocycles. The highest BCUT2D eigenvalue weighted by molar-refractivity contribution is 7.85. The summed E-state index contributed by atoms with van der Waals surface area (Å²) < 4.78 is 45.8. The Morgan fingerprint density at radius 1 is 1.27 bits per heavy atom. The normalized spacial score (nSPS) is 15.9. The predicted octanol–water partition coefficient (Wildman–Crippen LogP) is 2.01. The zero-order valence-corrected chi connectivity index (χ0v) is 19.8. The van der Waals surface area contributed by atoms with Crippen molar-refractivity contribution < 1.29 is 31.6 Å². The van der Waals surface area contributed by atoms with Gasteiger partial charge in [0.2, 0.25) is 0 Å². The van der Waals surface area contributed by atoms with Crippen LogP contribution in [0.3, 0.4) is 0 Å². The number of rotatable bonds is 10. The van der Waals surface area contributed by atoms with E-state index in [0.717, 1.165) is 42.5 Å². The number of ether oxygens (including phenoxy) is 3. The van der Waals surface area contributed by atoms with Crippen LogP contribution in [0.25, 0.3) is 10.9 Å². The van der Waals surface area contributed by atoms with Crippen molar-refractivity contribution in [2.45, 2.75) is 19.8 Å². The summed E-state index contributed by atoms with van der Waals surface area (Å²) in [5, 5.41) is 0.951. The first-order valence-electron chi connectivity index (χ1n) is 10.6. The van der Waals surface area contributed by atoms with Crippen molar-refractivity contribution in [3.05, 3.63) is 24.4 Å². The lowest BCUT2D eigenvalue weighted by molar-refractivity contribution is 0.0493. The van der Waals surface area contributed by atoms with Gasteiger partial charge >= 0.3 is 16.4 Å². The number of benzene rings is 1. The number of amides is 1. The Labute approximate surface area is 193 Å². The number of primary amides is 1. The van der Waals surface area contributed by atoms with Crippen molar-refractivity contribution in [1.82, 2.24) is 9.71 Å². The number of aromatic nitrogens is 1. The third-order valence-electron chi connectivity index (χ3n) is 5.80. The minimum atomic E-state index is -4.18. The lowest BCUT2D eigenvalue weighted by atomic mass is 9.85. The number of nitrogens with two attached hydrogens (primary N) is 1. The molecule has 2 aromatic rings. The van der Waals surface area contributed by atoms with Gasteiger partial charge in [0.25, 0.3) is 0 Å². The second-order valence-corrected chi connectivity index (χ2v) is 9.27. The molecule has 11 nitrogen and oxygen atoms in total. The number of anilines is 1. The summed E-state index contributed by atoms with van der Waals surface area (Å²) in [6, 6.07) is 5.74. The van der Waals surface area contributed by atoms with Gasteiger partial charge in [0, 0.05) is 50.1 Å². The number of hydrogen-bond donors (Lipinski definition) is 2. The van der Waals surface area contributed by atoms with E-state index < -0.39 is 16.4 Å². The fraction of sp³-hybridized carbons (Fsp3) is 0.524. The number of piperidine rings is 1. The summed E-state index contributed by atoms with van der Waals surface area (Å²) >= 11 is 0. The molecule has 1 aliphatic heterocycles. The summed E-state index contributed by atoms with van der Waals surface area (Å²) in [4.78, 5) is 17.4. The summed E-state index contributed by atoms with van der Waals surface area (Å²) in [5.74, 6) is 1.53. The van der Waals surface area contributed by atoms with E-state index in [4.69, 9.17) is 19.9 Å². The van der Waals surface area contributed by atoms with Gasteiger partial charge in [0.1, 0.15) is 0 Å². The van der Waals surface area contributed by atoms with E-state index in [1.54, 1.807) is 20.4 Å². The molecule has 1 amide bonds. The molecule has 0 spiro atoms. The molecule has 33 heavy (non-hydrogen) atoms. The third-order valence-corrected chi connectivity index (χ3v) is 6.70. The molecule has 2 heterocycles. The van der Waals surface area contributed by atoms with Gasteiger partial charge in [-0.05, 0) is 36.8 Å². The average molecular weight is 483 g/mol. The minimum absolute atomic E-state index is 0.0610. The van der Waals surface area contributed by atoms with E-state index in [1.807, 2.05) is 25.1 Å². The minimum Gasteiger partial charge on any atom is -0.493 e. The highest BCUT2D eigenvalue weighted by Gasteiger charge is 2.27. The first-order chi connectivity index (χ1) is 15.7. The largest absolute Gasteiger partial charge is 0.493 e. The van der Waals surface area contributed by atoms with E-state index in [2.05, 4.69) is 18.8 Å². The fourth-order valence-corrected chi connectivity index (χ4v) is 4.80. The van der Waals surface area contributed by atoms with Crippen molar-refractivity contribution in [3.63, 3.8) is 0 Å². The number of pyridine rings is 1. The SMILES string of the molecule is COCOc1cc2c(N3CCC(C(C)CNS(=O)(=O)OC(N)=O)CC3)ccnc2cc1OC. The maximum absolute atomic E-state index is 11.7. The number of nitrogens with zero attached hydrogens (tertiary/aromatic N) is 2. The van der Waals surface area contributed by atoms with Crippen LogP contribution in [-0.2, 0) is 19.2 Å². The number of hydrogen-bond acceptors (Lipinski definition) is 9. The second-order valence-electron chi connectivity index (χ2n) is 7.91. The highest BCUT2D eigenvalue weighted by atomic mass is 32.2. The average Bonchev–Trinajstić information content (AvgIpc) is 2.79. The van der Waals surface area contributed by atoms with E-state index in [9.17, 15) is 13.2 Å². The molecule has 1 aromatic heterocycles. The van der Waals surface area contributed by atoms with E-state index in [1.165, 1.54) is 0 Å². The lowest BCUT2D eigenvalue weighted by Crippen LogP contribution is -2.39. The van der Waals surface area contributed by atoms with E-state index in [0.29, 0.717) is 17.4 Å². The quantitative estimate of drug-likeness (QED) is 0.486. The summed E-state index contributed by atoms with van der Waals surface area (Å²) in [6.07, 6.45) is 2.18. The Morgan fingerprint density at radius 3 is 2.64 bits per heavy atom. The molecule has 0 saturated carbocycles. The number of fused-ring (bicyclic) bond motifs is 1. The zero-order chi connectivity index (χ0) is 24.0. The molecule has 0 radical (unpaired) electrons. The van der Waals surface area contributed by atoms with E-state index in [-0.39, 0.29) is 19.3 Å². The maximum atomic E-state index is 11.7. The maximum Gasteiger partial charge on any atom is 0.421 e. The number of carbonyl (C=O) groups is 1. The van der Waals surface area contributed by atoms with Gasteiger partial charge in [-0.2, -0.15) is 13.1 Å². The Bertz CT molecular complexity index is 1070. The van der Waals surface area contributed by atoms with Crippen LogP contribution < -0.4 is 24.8 Å². The van der Waals surface area contributed by atoms with Crippen LogP contribution in [0.5, 0.6) is 11.5 Å². The molecule has 1 aliphatic rings. The van der Waals surface area contributed by atoms with Crippen molar-refractivity contribution in [3.8, 4) is 11.5 Å². The van der Waals surface area contributed by atoms with Crippen LogP contribution in [0.15, 0.2) is 24.4 Å². The number of nitrogens with one attached hydrogen (secondary N) is 1. The molecule has 3 rings (SSSR count). The van der Waals surface area contributed by atoms with Gasteiger partial charge in [-0.3, -0.25) is 4.98 Å². The molecular weight excluding hydrogens is 452 g/mol. The van der Waals surface area contributed by atoms with Gasteiger partial charge in [-0.15, -0.1) is 0 Å². The van der Waals surface area contributed by atoms with Crippen LogP contribution in [0.4, 0.5) is 10.5 Å². The van der Waals surface area contributed by atoms with Crippen LogP contribution in [0, 0.1) is 11.8 Å². The zero-order valence-electron chi connectivity index (χ0n) is 18.9. The first-order valence-corrected chi connectivity index (χ1v) is 12.0. The van der Waals surface area contributed by atoms with Gasteiger partial charge < -0.3 is 29.0 Å². The third kappa shape index (κ3) is 6.36. The molecule has 1 fully saturated rings. The van der Waals surface area contributed by atoms with Gasteiger partial charge in [0.15, 0.2) is 18.3 Å². The van der Waals surface area contributed by atoms with Gasteiger partial charge in [-0.1, -0.05) is 6.92 Å². The van der Waals surface area contributed by atoms with Crippen molar-refractivity contribution in [2.24, 2.45) is 17.6 Å². The molecule has 0 aliphatic carbocycles. The van der Waals surface area contributed by atoms with Crippen molar-refractivity contribution >= 4 is 33.0 Å². The molecule has 1 unspecified atom stereocenters. The molecule has 3 N–H and O–H groups in total. The van der Waals surface area contributed by atoms with Crippen LogP contribution in [-0.4, -0.2) is 60.1 Å². The highest BCUT2D eigenvalue weighted by Crippen LogP contribution is 2.37.